The van der Waals surface area contributed by atoms with Gasteiger partial charge in [-0.15, -0.1) is 0 Å². The van der Waals surface area contributed by atoms with Crippen molar-refractivity contribution >= 4 is 11.4 Å². The number of hydrogen-bond donors (Lipinski definition) is 3. The number of nitrogens with two attached hydrogens (primary N) is 1. The molecule has 5 nitrogen and oxygen atoms in total. The molecular weight excluding hydrogens is 216 g/mol. The number of aromatic nitrogens is 2. The summed E-state index contributed by atoms with van der Waals surface area (Å²) in [6.07, 6.45) is 5.41. The molecule has 90 valence electrons. The molecule has 4 N–H and O–H groups in total. The lowest BCUT2D eigenvalue weighted by Crippen LogP contribution is -2.09. The van der Waals surface area contributed by atoms with Crippen LogP contribution in [0.4, 0.5) is 11.4 Å². The molecule has 1 aromatic carbocycles. The van der Waals surface area contributed by atoms with E-state index < -0.39 is 0 Å². The van der Waals surface area contributed by atoms with Crippen LogP contribution in [0.1, 0.15) is 5.56 Å². The molecule has 0 aliphatic carbocycles. The Morgan fingerprint density at radius 2 is 2.29 bits per heavy atom. The molecule has 1 heterocycles. The van der Waals surface area contributed by atoms with Gasteiger partial charge in [0.05, 0.1) is 19.5 Å². The smallest absolute Gasteiger partial charge is 0.0949 e. The molecule has 0 bridgehead atoms. The topological polar surface area (TPSA) is 76.1 Å². The van der Waals surface area contributed by atoms with Gasteiger partial charge >= 0.3 is 0 Å². The number of nitrogens with one attached hydrogen (secondary N) is 1. The molecule has 1 aromatic heterocycles. The number of aliphatic hydroxyl groups is 1. The lowest BCUT2D eigenvalue weighted by molar-refractivity contribution is 0.311. The first kappa shape index (κ1) is 11.5. The molecule has 2 aromatic rings. The summed E-state index contributed by atoms with van der Waals surface area (Å²) in [6, 6.07) is 5.70. The van der Waals surface area contributed by atoms with E-state index >= 15 is 0 Å². The van der Waals surface area contributed by atoms with Crippen molar-refractivity contribution < 1.29 is 5.11 Å². The summed E-state index contributed by atoms with van der Waals surface area (Å²) < 4.78 is 1.97. The molecule has 0 radical (unpaired) electrons. The van der Waals surface area contributed by atoms with Crippen molar-refractivity contribution in [1.82, 2.24) is 9.55 Å². The zero-order chi connectivity index (χ0) is 12.1. The Morgan fingerprint density at radius 3 is 3.00 bits per heavy atom. The van der Waals surface area contributed by atoms with Gasteiger partial charge in [-0.1, -0.05) is 0 Å². The molecule has 2 rings (SSSR count). The SMILES string of the molecule is Nc1ccc(NCCO)c(Cn2ccnc2)c1. The van der Waals surface area contributed by atoms with Crippen LogP contribution in [0.2, 0.25) is 0 Å². The molecule has 0 aliphatic rings. The Kier molecular flexibility index (Phi) is 3.62. The predicted octanol–water partition coefficient (Wildman–Crippen LogP) is 0.918. The minimum absolute atomic E-state index is 0.106. The summed E-state index contributed by atoms with van der Waals surface area (Å²) in [5.74, 6) is 0. The Balaban J connectivity index is 2.20. The van der Waals surface area contributed by atoms with Crippen LogP contribution in [0.25, 0.3) is 0 Å². The van der Waals surface area contributed by atoms with E-state index in [1.54, 1.807) is 12.5 Å². The summed E-state index contributed by atoms with van der Waals surface area (Å²) in [5, 5.41) is 12.0. The van der Waals surface area contributed by atoms with Gasteiger partial charge < -0.3 is 20.7 Å². The Hall–Kier alpha value is -2.01. The number of nitrogen functional groups attached to an aromatic ring is 1. The highest BCUT2D eigenvalue weighted by atomic mass is 16.3. The Bertz CT molecular complexity index is 467. The molecule has 5 heteroatoms. The molecule has 0 fully saturated rings. The number of hydrogen-bond acceptors (Lipinski definition) is 4. The van der Waals surface area contributed by atoms with Gasteiger partial charge in [0.1, 0.15) is 0 Å². The highest BCUT2D eigenvalue weighted by molar-refractivity contribution is 5.58. The van der Waals surface area contributed by atoms with E-state index in [0.29, 0.717) is 13.1 Å². The second-order valence-corrected chi connectivity index (χ2v) is 3.80. The average Bonchev–Trinajstić information content (AvgIpc) is 2.81. The van der Waals surface area contributed by atoms with Crippen LogP contribution in [-0.2, 0) is 6.54 Å². The van der Waals surface area contributed by atoms with E-state index in [-0.39, 0.29) is 6.61 Å². The third kappa shape index (κ3) is 2.98. The second-order valence-electron chi connectivity index (χ2n) is 3.80. The van der Waals surface area contributed by atoms with Crippen LogP contribution >= 0.6 is 0 Å². The van der Waals surface area contributed by atoms with Crippen LogP contribution in [0, 0.1) is 0 Å². The predicted molar refractivity (Wildman–Crippen MR) is 67.8 cm³/mol. The van der Waals surface area contributed by atoms with E-state index in [2.05, 4.69) is 10.3 Å². The minimum Gasteiger partial charge on any atom is -0.399 e. The lowest BCUT2D eigenvalue weighted by Gasteiger charge is -2.12. The third-order valence-electron chi connectivity index (χ3n) is 2.47. The molecule has 0 spiro atoms. The molecule has 0 aliphatic heterocycles. The monoisotopic (exact) mass is 232 g/mol. The summed E-state index contributed by atoms with van der Waals surface area (Å²) in [6.45, 7) is 1.34. The van der Waals surface area contributed by atoms with Gasteiger partial charge in [0.2, 0.25) is 0 Å². The fraction of sp³-hybridized carbons (Fsp3) is 0.250. The number of benzene rings is 1. The largest absolute Gasteiger partial charge is 0.399 e. The fourth-order valence-electron chi connectivity index (χ4n) is 1.68. The molecular formula is C12H16N4O. The zero-order valence-electron chi connectivity index (χ0n) is 9.50. The van der Waals surface area contributed by atoms with Gasteiger partial charge in [-0.3, -0.25) is 0 Å². The zero-order valence-corrected chi connectivity index (χ0v) is 9.50. The normalized spacial score (nSPS) is 10.4. The van der Waals surface area contributed by atoms with Gasteiger partial charge in [0, 0.05) is 30.3 Å². The van der Waals surface area contributed by atoms with E-state index in [9.17, 15) is 0 Å². The number of imidazole rings is 1. The summed E-state index contributed by atoms with van der Waals surface area (Å²) >= 11 is 0. The summed E-state index contributed by atoms with van der Waals surface area (Å²) in [7, 11) is 0. The molecule has 17 heavy (non-hydrogen) atoms. The van der Waals surface area contributed by atoms with Crippen LogP contribution in [0.3, 0.4) is 0 Å². The van der Waals surface area contributed by atoms with Gasteiger partial charge in [0.25, 0.3) is 0 Å². The van der Waals surface area contributed by atoms with Crippen LogP contribution in [0.15, 0.2) is 36.9 Å². The van der Waals surface area contributed by atoms with Crippen molar-refractivity contribution in [2.24, 2.45) is 0 Å². The number of nitrogens with zero attached hydrogens (tertiary/aromatic N) is 2. The molecule has 0 unspecified atom stereocenters. The van der Waals surface area contributed by atoms with E-state index in [0.717, 1.165) is 16.9 Å². The van der Waals surface area contributed by atoms with Crippen molar-refractivity contribution in [3.05, 3.63) is 42.5 Å². The fourth-order valence-corrected chi connectivity index (χ4v) is 1.68. The van der Waals surface area contributed by atoms with Crippen molar-refractivity contribution in [3.63, 3.8) is 0 Å². The first-order valence-electron chi connectivity index (χ1n) is 5.48. The van der Waals surface area contributed by atoms with E-state index in [1.165, 1.54) is 0 Å². The number of anilines is 2. The van der Waals surface area contributed by atoms with Crippen molar-refractivity contribution in [1.29, 1.82) is 0 Å². The van der Waals surface area contributed by atoms with Crippen LogP contribution in [-0.4, -0.2) is 27.8 Å². The maximum atomic E-state index is 8.83. The van der Waals surface area contributed by atoms with Gasteiger partial charge in [-0.25, -0.2) is 4.98 Å². The number of rotatable bonds is 5. The second kappa shape index (κ2) is 5.36. The van der Waals surface area contributed by atoms with Gasteiger partial charge in [-0.2, -0.15) is 0 Å². The van der Waals surface area contributed by atoms with Crippen molar-refractivity contribution in [2.45, 2.75) is 6.54 Å². The van der Waals surface area contributed by atoms with E-state index in [4.69, 9.17) is 10.8 Å². The highest BCUT2D eigenvalue weighted by Gasteiger charge is 2.03. The third-order valence-corrected chi connectivity index (χ3v) is 2.47. The maximum Gasteiger partial charge on any atom is 0.0949 e. The van der Waals surface area contributed by atoms with Crippen molar-refractivity contribution in [3.8, 4) is 0 Å². The lowest BCUT2D eigenvalue weighted by atomic mass is 10.1. The molecule has 0 atom stereocenters. The number of aliphatic hydroxyl groups excluding tert-OH is 1. The minimum atomic E-state index is 0.106. The maximum absolute atomic E-state index is 8.83. The Morgan fingerprint density at radius 1 is 1.41 bits per heavy atom. The molecule has 0 saturated heterocycles. The Labute approximate surface area is 99.9 Å². The standard InChI is InChI=1S/C12H16N4O/c13-11-1-2-12(15-4-6-17)10(7-11)8-16-5-3-14-9-16/h1-3,5,7,9,15,17H,4,6,8,13H2. The first-order valence-corrected chi connectivity index (χ1v) is 5.48. The van der Waals surface area contributed by atoms with Crippen molar-refractivity contribution in [2.75, 3.05) is 24.2 Å². The summed E-state index contributed by atoms with van der Waals surface area (Å²) in [5.41, 5.74) is 8.58. The summed E-state index contributed by atoms with van der Waals surface area (Å²) in [4.78, 5) is 4.00. The van der Waals surface area contributed by atoms with Crippen LogP contribution < -0.4 is 11.1 Å². The first-order chi connectivity index (χ1) is 8.29. The van der Waals surface area contributed by atoms with Gasteiger partial charge in [0.15, 0.2) is 0 Å². The van der Waals surface area contributed by atoms with Gasteiger partial charge in [-0.05, 0) is 23.8 Å². The van der Waals surface area contributed by atoms with Crippen LogP contribution in [0.5, 0.6) is 0 Å². The average molecular weight is 232 g/mol. The molecule has 0 amide bonds. The quantitative estimate of drug-likeness (QED) is 0.670. The molecule has 0 saturated carbocycles. The highest BCUT2D eigenvalue weighted by Crippen LogP contribution is 2.19. The van der Waals surface area contributed by atoms with E-state index in [1.807, 2.05) is 29.0 Å².